The molecule has 1 atom stereocenters. The van der Waals surface area contributed by atoms with E-state index in [1.807, 2.05) is 6.92 Å². The fourth-order valence-corrected chi connectivity index (χ4v) is 2.51. The maximum atomic E-state index is 14.1. The Kier molecular flexibility index (Phi) is 5.51. The van der Waals surface area contributed by atoms with Crippen molar-refractivity contribution in [2.24, 2.45) is 0 Å². The van der Waals surface area contributed by atoms with Gasteiger partial charge < -0.3 is 5.32 Å². The van der Waals surface area contributed by atoms with E-state index in [0.717, 1.165) is 12.5 Å². The third-order valence-corrected chi connectivity index (χ3v) is 3.51. The minimum atomic E-state index is -0.904. The van der Waals surface area contributed by atoms with Crippen molar-refractivity contribution in [2.75, 3.05) is 6.54 Å². The van der Waals surface area contributed by atoms with E-state index in [1.165, 1.54) is 24.4 Å². The van der Waals surface area contributed by atoms with Crippen molar-refractivity contribution in [3.05, 3.63) is 63.4 Å². The molecule has 0 aliphatic heterocycles. The van der Waals surface area contributed by atoms with Crippen LogP contribution in [-0.4, -0.2) is 11.5 Å². The second-order valence-corrected chi connectivity index (χ2v) is 5.39. The number of hydrogen-bond acceptors (Lipinski definition) is 2. The minimum Gasteiger partial charge on any atom is -0.305 e. The van der Waals surface area contributed by atoms with Crippen molar-refractivity contribution < 1.29 is 8.78 Å². The van der Waals surface area contributed by atoms with Crippen LogP contribution in [0.4, 0.5) is 8.78 Å². The third-order valence-electron chi connectivity index (χ3n) is 3.00. The zero-order valence-electron chi connectivity index (χ0n) is 11.3. The summed E-state index contributed by atoms with van der Waals surface area (Å²) in [6.45, 7) is 2.59. The molecule has 6 heteroatoms. The first-order valence-electron chi connectivity index (χ1n) is 6.52. The standard InChI is InChI=1S/C15H14Cl2F2N2/c1-2-6-20-14(10-4-3-5-12(18)13(10)19)15-11(17)7-9(16)8-21-15/h3-5,7-8,14,20H,2,6H2,1H3. The molecule has 0 saturated carbocycles. The van der Waals surface area contributed by atoms with E-state index >= 15 is 0 Å². The molecule has 0 bridgehead atoms. The maximum absolute atomic E-state index is 14.1. The zero-order valence-corrected chi connectivity index (χ0v) is 12.8. The molecule has 0 aliphatic carbocycles. The van der Waals surface area contributed by atoms with Crippen LogP contribution in [-0.2, 0) is 0 Å². The number of pyridine rings is 1. The molecule has 0 amide bonds. The van der Waals surface area contributed by atoms with Crippen molar-refractivity contribution in [3.8, 4) is 0 Å². The average Bonchev–Trinajstić information content (AvgIpc) is 2.45. The second kappa shape index (κ2) is 7.16. The van der Waals surface area contributed by atoms with Crippen LogP contribution in [0.1, 0.15) is 30.6 Å². The molecule has 2 aromatic rings. The summed E-state index contributed by atoms with van der Waals surface area (Å²) in [5.74, 6) is -1.81. The number of aromatic nitrogens is 1. The Balaban J connectivity index is 2.49. The Morgan fingerprint density at radius 3 is 2.71 bits per heavy atom. The number of halogens is 4. The molecule has 0 spiro atoms. The van der Waals surface area contributed by atoms with Gasteiger partial charge in [-0.2, -0.15) is 0 Å². The Hall–Kier alpha value is -1.23. The molecule has 1 heterocycles. The molecule has 0 fully saturated rings. The monoisotopic (exact) mass is 330 g/mol. The summed E-state index contributed by atoms with van der Waals surface area (Å²) in [5.41, 5.74) is 0.583. The van der Waals surface area contributed by atoms with Gasteiger partial charge >= 0.3 is 0 Å². The van der Waals surface area contributed by atoms with Gasteiger partial charge in [0.25, 0.3) is 0 Å². The summed E-state index contributed by atoms with van der Waals surface area (Å²) in [5, 5.41) is 3.83. The Morgan fingerprint density at radius 2 is 2.05 bits per heavy atom. The highest BCUT2D eigenvalue weighted by atomic mass is 35.5. The lowest BCUT2D eigenvalue weighted by molar-refractivity contribution is 0.478. The van der Waals surface area contributed by atoms with E-state index < -0.39 is 17.7 Å². The molecule has 21 heavy (non-hydrogen) atoms. The molecule has 0 aliphatic rings. The molecular formula is C15H14Cl2F2N2. The molecule has 1 aromatic heterocycles. The minimum absolute atomic E-state index is 0.167. The molecule has 0 radical (unpaired) electrons. The lowest BCUT2D eigenvalue weighted by Crippen LogP contribution is -2.25. The molecule has 2 nitrogen and oxygen atoms in total. The van der Waals surface area contributed by atoms with Gasteiger partial charge in [-0.3, -0.25) is 4.98 Å². The van der Waals surface area contributed by atoms with Crippen molar-refractivity contribution in [2.45, 2.75) is 19.4 Å². The van der Waals surface area contributed by atoms with Crippen LogP contribution in [0.15, 0.2) is 30.5 Å². The van der Waals surface area contributed by atoms with Gasteiger partial charge in [-0.25, -0.2) is 8.78 Å². The van der Waals surface area contributed by atoms with Crippen molar-refractivity contribution in [1.29, 1.82) is 0 Å². The van der Waals surface area contributed by atoms with Crippen LogP contribution in [0.2, 0.25) is 10.0 Å². The largest absolute Gasteiger partial charge is 0.305 e. The van der Waals surface area contributed by atoms with Crippen LogP contribution < -0.4 is 5.32 Å². The Bertz CT molecular complexity index is 635. The van der Waals surface area contributed by atoms with E-state index in [2.05, 4.69) is 10.3 Å². The van der Waals surface area contributed by atoms with Gasteiger partial charge in [0.05, 0.1) is 21.8 Å². The van der Waals surface area contributed by atoms with Gasteiger partial charge in [0.1, 0.15) is 0 Å². The highest BCUT2D eigenvalue weighted by Crippen LogP contribution is 2.30. The number of rotatable bonds is 5. The summed E-state index contributed by atoms with van der Waals surface area (Å²) in [7, 11) is 0. The summed E-state index contributed by atoms with van der Waals surface area (Å²) < 4.78 is 27.5. The van der Waals surface area contributed by atoms with Crippen LogP contribution in [0, 0.1) is 11.6 Å². The van der Waals surface area contributed by atoms with Gasteiger partial charge in [-0.1, -0.05) is 42.3 Å². The van der Waals surface area contributed by atoms with Gasteiger partial charge in [-0.05, 0) is 25.1 Å². The first kappa shape index (κ1) is 16.1. The SMILES string of the molecule is CCCNC(c1cccc(F)c1F)c1ncc(Cl)cc1Cl. The fraction of sp³-hybridized carbons (Fsp3) is 0.267. The normalized spacial score (nSPS) is 12.4. The van der Waals surface area contributed by atoms with E-state index in [-0.39, 0.29) is 5.56 Å². The number of nitrogens with zero attached hydrogens (tertiary/aromatic N) is 1. The fourth-order valence-electron chi connectivity index (χ4n) is 2.02. The molecule has 2 rings (SSSR count). The first-order valence-corrected chi connectivity index (χ1v) is 7.28. The topological polar surface area (TPSA) is 24.9 Å². The van der Waals surface area contributed by atoms with E-state index in [4.69, 9.17) is 23.2 Å². The van der Waals surface area contributed by atoms with Crippen LogP contribution in [0.5, 0.6) is 0 Å². The quantitative estimate of drug-likeness (QED) is 0.855. The maximum Gasteiger partial charge on any atom is 0.163 e. The predicted octanol–water partition coefficient (Wildman–Crippen LogP) is 4.76. The van der Waals surface area contributed by atoms with Crippen LogP contribution >= 0.6 is 23.2 Å². The molecular weight excluding hydrogens is 317 g/mol. The van der Waals surface area contributed by atoms with E-state index in [9.17, 15) is 8.78 Å². The Morgan fingerprint density at radius 1 is 1.29 bits per heavy atom. The highest BCUT2D eigenvalue weighted by molar-refractivity contribution is 6.34. The van der Waals surface area contributed by atoms with E-state index in [0.29, 0.717) is 22.3 Å². The van der Waals surface area contributed by atoms with Gasteiger partial charge in [0.15, 0.2) is 11.6 Å². The highest BCUT2D eigenvalue weighted by Gasteiger charge is 2.23. The lowest BCUT2D eigenvalue weighted by Gasteiger charge is -2.20. The van der Waals surface area contributed by atoms with Gasteiger partial charge in [-0.15, -0.1) is 0 Å². The predicted molar refractivity (Wildman–Crippen MR) is 80.8 cm³/mol. The molecule has 1 N–H and O–H groups in total. The Labute approximate surface area is 132 Å². The van der Waals surface area contributed by atoms with Crippen molar-refractivity contribution in [1.82, 2.24) is 10.3 Å². The molecule has 112 valence electrons. The second-order valence-electron chi connectivity index (χ2n) is 4.55. The lowest BCUT2D eigenvalue weighted by atomic mass is 10.0. The third kappa shape index (κ3) is 3.70. The van der Waals surface area contributed by atoms with E-state index in [1.54, 1.807) is 0 Å². The van der Waals surface area contributed by atoms with Crippen molar-refractivity contribution in [3.63, 3.8) is 0 Å². The van der Waals surface area contributed by atoms with Crippen LogP contribution in [0.3, 0.4) is 0 Å². The summed E-state index contributed by atoms with van der Waals surface area (Å²) in [6, 6.07) is 4.94. The van der Waals surface area contributed by atoms with Gasteiger partial charge in [0, 0.05) is 11.8 Å². The van der Waals surface area contributed by atoms with Crippen molar-refractivity contribution >= 4 is 23.2 Å². The average molecular weight is 331 g/mol. The number of nitrogens with one attached hydrogen (secondary N) is 1. The molecule has 1 aromatic carbocycles. The number of benzene rings is 1. The summed E-state index contributed by atoms with van der Waals surface area (Å²) in [6.07, 6.45) is 2.26. The molecule has 1 unspecified atom stereocenters. The van der Waals surface area contributed by atoms with Crippen LogP contribution in [0.25, 0.3) is 0 Å². The summed E-state index contributed by atoms with van der Waals surface area (Å²) in [4.78, 5) is 4.16. The first-order chi connectivity index (χ1) is 10.0. The van der Waals surface area contributed by atoms with Gasteiger partial charge in [0.2, 0.25) is 0 Å². The summed E-state index contributed by atoms with van der Waals surface area (Å²) >= 11 is 12.0. The zero-order chi connectivity index (χ0) is 15.4. The number of hydrogen-bond donors (Lipinski definition) is 1. The smallest absolute Gasteiger partial charge is 0.163 e. The molecule has 0 saturated heterocycles.